The van der Waals surface area contributed by atoms with Crippen LogP contribution in [0.3, 0.4) is 0 Å². The van der Waals surface area contributed by atoms with Gasteiger partial charge in [-0.25, -0.2) is 4.94 Å². The first-order chi connectivity index (χ1) is 5.74. The highest BCUT2D eigenvalue weighted by Gasteiger charge is 2.24. The fourth-order valence-corrected chi connectivity index (χ4v) is 1.52. The zero-order chi connectivity index (χ0) is 8.97. The SMILES string of the molecule is CC(O)CN(ON)[C]1CCCC1. The summed E-state index contributed by atoms with van der Waals surface area (Å²) in [6.07, 6.45) is 4.10. The van der Waals surface area contributed by atoms with Gasteiger partial charge in [-0.3, -0.25) is 0 Å². The highest BCUT2D eigenvalue weighted by molar-refractivity contribution is 4.91. The second-order valence-electron chi connectivity index (χ2n) is 3.29. The van der Waals surface area contributed by atoms with Crippen molar-refractivity contribution in [1.29, 1.82) is 0 Å². The van der Waals surface area contributed by atoms with Crippen LogP contribution >= 0.6 is 0 Å². The van der Waals surface area contributed by atoms with Gasteiger partial charge >= 0.3 is 0 Å². The van der Waals surface area contributed by atoms with E-state index in [1.807, 2.05) is 0 Å². The van der Waals surface area contributed by atoms with Gasteiger partial charge in [0.15, 0.2) is 0 Å². The molecule has 0 aromatic carbocycles. The fourth-order valence-electron chi connectivity index (χ4n) is 1.52. The summed E-state index contributed by atoms with van der Waals surface area (Å²) in [4.78, 5) is 4.68. The molecule has 1 fully saturated rings. The molecule has 0 spiro atoms. The summed E-state index contributed by atoms with van der Waals surface area (Å²) >= 11 is 0. The molecule has 1 radical (unpaired) electrons. The van der Waals surface area contributed by atoms with Gasteiger partial charge in [-0.2, -0.15) is 11.0 Å². The summed E-state index contributed by atoms with van der Waals surface area (Å²) in [5.74, 6) is 5.09. The van der Waals surface area contributed by atoms with Crippen molar-refractivity contribution in [2.45, 2.75) is 38.7 Å². The van der Waals surface area contributed by atoms with Gasteiger partial charge in [0.1, 0.15) is 0 Å². The topological polar surface area (TPSA) is 58.7 Å². The highest BCUT2D eigenvalue weighted by atomic mass is 16.8. The molecule has 1 unspecified atom stereocenters. The lowest BCUT2D eigenvalue weighted by Crippen LogP contribution is -2.35. The molecule has 4 heteroatoms. The maximum absolute atomic E-state index is 9.12. The van der Waals surface area contributed by atoms with Crippen LogP contribution in [0.1, 0.15) is 32.6 Å². The van der Waals surface area contributed by atoms with E-state index in [1.54, 1.807) is 12.0 Å². The van der Waals surface area contributed by atoms with Crippen LogP contribution in [0.4, 0.5) is 0 Å². The van der Waals surface area contributed by atoms with Gasteiger partial charge in [-0.15, -0.1) is 0 Å². The molecule has 0 saturated heterocycles. The molecule has 1 aliphatic carbocycles. The summed E-state index contributed by atoms with van der Waals surface area (Å²) in [6, 6.07) is 1.21. The Morgan fingerprint density at radius 2 is 2.17 bits per heavy atom. The van der Waals surface area contributed by atoms with Gasteiger partial charge in [0.2, 0.25) is 0 Å². The molecule has 1 saturated carbocycles. The van der Waals surface area contributed by atoms with Crippen molar-refractivity contribution >= 4 is 0 Å². The summed E-state index contributed by atoms with van der Waals surface area (Å²) in [7, 11) is 0. The Labute approximate surface area is 73.2 Å². The second-order valence-corrected chi connectivity index (χ2v) is 3.29. The number of aliphatic hydroxyl groups is 1. The van der Waals surface area contributed by atoms with Gasteiger partial charge in [0.05, 0.1) is 18.7 Å². The van der Waals surface area contributed by atoms with E-state index in [2.05, 4.69) is 4.94 Å². The van der Waals surface area contributed by atoms with E-state index in [-0.39, 0.29) is 0 Å². The molecule has 0 amide bonds. The average molecular weight is 173 g/mol. The van der Waals surface area contributed by atoms with Crippen LogP contribution in [-0.2, 0) is 4.94 Å². The molecule has 3 N–H and O–H groups in total. The summed E-state index contributed by atoms with van der Waals surface area (Å²) in [5.41, 5.74) is 0. The quantitative estimate of drug-likeness (QED) is 0.610. The smallest absolute Gasteiger partial charge is 0.0689 e. The molecule has 1 atom stereocenters. The zero-order valence-corrected chi connectivity index (χ0v) is 7.49. The minimum Gasteiger partial charge on any atom is -0.392 e. The van der Waals surface area contributed by atoms with E-state index in [1.165, 1.54) is 18.9 Å². The zero-order valence-electron chi connectivity index (χ0n) is 7.49. The van der Waals surface area contributed by atoms with Crippen molar-refractivity contribution in [3.63, 3.8) is 0 Å². The summed E-state index contributed by atoms with van der Waals surface area (Å²) in [6.45, 7) is 2.19. The maximum atomic E-state index is 9.12. The van der Waals surface area contributed by atoms with Crippen LogP contribution in [0.2, 0.25) is 0 Å². The Kier molecular flexibility index (Phi) is 3.94. The van der Waals surface area contributed by atoms with Gasteiger partial charge < -0.3 is 5.11 Å². The van der Waals surface area contributed by atoms with Crippen LogP contribution in [0.25, 0.3) is 0 Å². The maximum Gasteiger partial charge on any atom is 0.0689 e. The minimum atomic E-state index is -0.401. The molecule has 1 rings (SSSR count). The largest absolute Gasteiger partial charge is 0.392 e. The van der Waals surface area contributed by atoms with Crippen molar-refractivity contribution in [2.75, 3.05) is 6.54 Å². The van der Waals surface area contributed by atoms with E-state index in [9.17, 15) is 0 Å². The molecular weight excluding hydrogens is 156 g/mol. The van der Waals surface area contributed by atoms with Crippen molar-refractivity contribution in [3.8, 4) is 0 Å². The Balaban J connectivity index is 2.32. The van der Waals surface area contributed by atoms with E-state index >= 15 is 0 Å². The van der Waals surface area contributed by atoms with Gasteiger partial charge in [0, 0.05) is 0 Å². The van der Waals surface area contributed by atoms with Crippen LogP contribution < -0.4 is 5.90 Å². The Bertz CT molecular complexity index is 124. The van der Waals surface area contributed by atoms with E-state index < -0.39 is 6.10 Å². The number of hydrogen-bond acceptors (Lipinski definition) is 4. The summed E-state index contributed by atoms with van der Waals surface area (Å²) in [5, 5.41) is 10.7. The van der Waals surface area contributed by atoms with Gasteiger partial charge in [-0.05, 0) is 19.8 Å². The Morgan fingerprint density at radius 3 is 2.58 bits per heavy atom. The van der Waals surface area contributed by atoms with E-state index in [4.69, 9.17) is 11.0 Å². The van der Waals surface area contributed by atoms with Crippen LogP contribution in [0.5, 0.6) is 0 Å². The first-order valence-corrected chi connectivity index (χ1v) is 4.41. The summed E-state index contributed by atoms with van der Waals surface area (Å²) < 4.78 is 0. The van der Waals surface area contributed by atoms with Crippen molar-refractivity contribution in [1.82, 2.24) is 5.06 Å². The molecule has 71 valence electrons. The predicted octanol–water partition coefficient (Wildman–Crippen LogP) is 0.580. The molecule has 1 aliphatic rings. The monoisotopic (exact) mass is 173 g/mol. The lowest BCUT2D eigenvalue weighted by atomic mass is 10.2. The lowest BCUT2D eigenvalue weighted by Gasteiger charge is -2.25. The third-order valence-corrected chi connectivity index (χ3v) is 2.09. The molecule has 12 heavy (non-hydrogen) atoms. The minimum absolute atomic E-state index is 0.401. The van der Waals surface area contributed by atoms with Crippen molar-refractivity contribution < 1.29 is 10.0 Å². The molecule has 0 aromatic heterocycles. The normalized spacial score (nSPS) is 22.0. The molecular formula is C8H17N2O2. The standard InChI is InChI=1S/C8H17N2O2/c1-7(11)6-10(12-9)8-4-2-3-5-8/h7,11H,2-6,9H2,1H3. The number of hydrogen-bond donors (Lipinski definition) is 2. The molecule has 0 heterocycles. The van der Waals surface area contributed by atoms with Crippen molar-refractivity contribution in [3.05, 3.63) is 6.04 Å². The van der Waals surface area contributed by atoms with E-state index in [0.717, 1.165) is 12.8 Å². The van der Waals surface area contributed by atoms with E-state index in [0.29, 0.717) is 6.54 Å². The van der Waals surface area contributed by atoms with Crippen molar-refractivity contribution in [2.24, 2.45) is 5.90 Å². The first-order valence-electron chi connectivity index (χ1n) is 4.41. The van der Waals surface area contributed by atoms with Crippen LogP contribution in [0.15, 0.2) is 0 Å². The number of nitrogens with two attached hydrogens (primary N) is 1. The van der Waals surface area contributed by atoms with Gasteiger partial charge in [-0.1, -0.05) is 12.8 Å². The first kappa shape index (κ1) is 9.92. The lowest BCUT2D eigenvalue weighted by molar-refractivity contribution is -0.171. The third kappa shape index (κ3) is 2.71. The highest BCUT2D eigenvalue weighted by Crippen LogP contribution is 2.29. The Hall–Kier alpha value is -0.160. The van der Waals surface area contributed by atoms with Gasteiger partial charge in [0.25, 0.3) is 0 Å². The number of hydroxylamine groups is 2. The Morgan fingerprint density at radius 1 is 1.58 bits per heavy atom. The molecule has 0 aromatic rings. The predicted molar refractivity (Wildman–Crippen MR) is 45.4 cm³/mol. The number of nitrogens with zero attached hydrogens (tertiary/aromatic N) is 1. The fraction of sp³-hybridized carbons (Fsp3) is 0.875. The van der Waals surface area contributed by atoms with Crippen LogP contribution in [0, 0.1) is 6.04 Å². The third-order valence-electron chi connectivity index (χ3n) is 2.09. The molecule has 4 nitrogen and oxygen atoms in total. The second kappa shape index (κ2) is 4.77. The number of rotatable bonds is 4. The van der Waals surface area contributed by atoms with Crippen LogP contribution in [-0.4, -0.2) is 22.8 Å². The molecule has 0 bridgehead atoms. The number of aliphatic hydroxyl groups excluding tert-OH is 1. The molecule has 0 aliphatic heterocycles. The average Bonchev–Trinajstić information content (AvgIpc) is 2.51.